The second-order valence-corrected chi connectivity index (χ2v) is 5.00. The molecule has 0 unspecified atom stereocenters. The number of alkyl halides is 10. The van der Waals surface area contributed by atoms with Crippen LogP contribution in [-0.4, -0.2) is 42.5 Å². The molecule has 0 radical (unpaired) electrons. The Morgan fingerprint density at radius 1 is 0.783 bits per heavy atom. The van der Waals surface area contributed by atoms with Gasteiger partial charge < -0.3 is 9.84 Å². The van der Waals surface area contributed by atoms with Crippen LogP contribution in [-0.2, 0) is 4.74 Å². The molecule has 0 bridgehead atoms. The Hall–Kier alpha value is -0.183. The van der Waals surface area contributed by atoms with Crippen LogP contribution in [0, 0.1) is 0 Å². The molecule has 134 valence electrons. The Kier molecular flexibility index (Phi) is 8.03. The zero-order valence-electron chi connectivity index (χ0n) is 12.1. The molecule has 0 aromatic carbocycles. The third-order valence-electron chi connectivity index (χ3n) is 2.40. The van der Waals surface area contributed by atoms with Gasteiger partial charge in [-0.25, -0.2) is 0 Å². The topological polar surface area (TPSA) is 32.3 Å². The summed E-state index contributed by atoms with van der Waals surface area (Å²) in [6.07, 6.45) is -19.1. The maximum atomic E-state index is 12.9. The number of rotatable bonds is 6. The molecule has 0 atom stereocenters. The minimum atomic E-state index is -6.70. The molecule has 0 rings (SSSR count). The van der Waals surface area contributed by atoms with Gasteiger partial charge in [0.2, 0.25) is 6.10 Å². The Labute approximate surface area is 136 Å². The van der Waals surface area contributed by atoms with Crippen LogP contribution in [0.3, 0.4) is 0 Å². The van der Waals surface area contributed by atoms with Crippen LogP contribution in [0.2, 0.25) is 0 Å². The molecule has 23 heavy (non-hydrogen) atoms. The average molecular weight is 360 g/mol. The number of hydrogen-bond donors (Lipinski definition) is 0. The van der Waals surface area contributed by atoms with Crippen molar-refractivity contribution in [3.05, 3.63) is 0 Å². The molecule has 0 aromatic heterocycles. The summed E-state index contributed by atoms with van der Waals surface area (Å²) in [4.78, 5) is 0. The molecular weight excluding hydrogens is 349 g/mol. The molecular formula is C10H11F10LiO2. The van der Waals surface area contributed by atoms with E-state index in [-0.39, 0.29) is 18.9 Å². The van der Waals surface area contributed by atoms with Crippen LogP contribution < -0.4 is 24.0 Å². The summed E-state index contributed by atoms with van der Waals surface area (Å²) in [7, 11) is 0. The van der Waals surface area contributed by atoms with Crippen LogP contribution in [0.25, 0.3) is 0 Å². The molecule has 0 saturated heterocycles. The van der Waals surface area contributed by atoms with E-state index in [9.17, 15) is 49.0 Å². The molecule has 0 saturated carbocycles. The van der Waals surface area contributed by atoms with Crippen molar-refractivity contribution < 1.29 is 72.6 Å². The third kappa shape index (κ3) is 6.32. The SMILES string of the molecule is CC(C)([O-])CCOC(C(F)(F)C(F)(F)F)C(F)(F)C(F)(F)F.[Li+]. The predicted molar refractivity (Wildman–Crippen MR) is 50.4 cm³/mol. The van der Waals surface area contributed by atoms with Crippen LogP contribution in [0.15, 0.2) is 0 Å². The van der Waals surface area contributed by atoms with Crippen molar-refractivity contribution in [2.45, 2.75) is 56.2 Å². The van der Waals surface area contributed by atoms with E-state index >= 15 is 0 Å². The van der Waals surface area contributed by atoms with E-state index in [4.69, 9.17) is 0 Å². The summed E-state index contributed by atoms with van der Waals surface area (Å²) >= 11 is 0. The summed E-state index contributed by atoms with van der Waals surface area (Å²) in [6.45, 7) is 0.392. The van der Waals surface area contributed by atoms with Crippen molar-refractivity contribution in [1.29, 1.82) is 0 Å². The van der Waals surface area contributed by atoms with Crippen molar-refractivity contribution in [3.8, 4) is 0 Å². The number of ether oxygens (including phenoxy) is 1. The molecule has 0 aliphatic rings. The first-order valence-corrected chi connectivity index (χ1v) is 5.55. The first-order valence-electron chi connectivity index (χ1n) is 5.55. The van der Waals surface area contributed by atoms with Gasteiger partial charge in [-0.15, -0.1) is 5.60 Å². The van der Waals surface area contributed by atoms with Gasteiger partial charge in [-0.3, -0.25) is 0 Å². The normalized spacial score (nSPS) is 14.9. The van der Waals surface area contributed by atoms with E-state index < -0.39 is 48.9 Å². The van der Waals surface area contributed by atoms with Crippen LogP contribution in [0.4, 0.5) is 43.9 Å². The quantitative estimate of drug-likeness (QED) is 0.504. The van der Waals surface area contributed by atoms with E-state index in [1.807, 2.05) is 0 Å². The molecule has 0 amide bonds. The van der Waals surface area contributed by atoms with Crippen LogP contribution in [0.5, 0.6) is 0 Å². The van der Waals surface area contributed by atoms with E-state index in [2.05, 4.69) is 4.74 Å². The fourth-order valence-corrected chi connectivity index (χ4v) is 1.16. The van der Waals surface area contributed by atoms with Gasteiger partial charge in [-0.2, -0.15) is 43.9 Å². The van der Waals surface area contributed by atoms with Crippen molar-refractivity contribution >= 4 is 0 Å². The van der Waals surface area contributed by atoms with Gasteiger partial charge in [0.25, 0.3) is 0 Å². The number of hydrogen-bond acceptors (Lipinski definition) is 2. The van der Waals surface area contributed by atoms with Crippen LogP contribution in [0.1, 0.15) is 20.3 Å². The van der Waals surface area contributed by atoms with Gasteiger partial charge in [-0.1, -0.05) is 13.8 Å². The van der Waals surface area contributed by atoms with Gasteiger partial charge in [0, 0.05) is 6.61 Å². The monoisotopic (exact) mass is 360 g/mol. The number of halogens is 10. The smallest absolute Gasteiger partial charge is 0.850 e. The molecule has 13 heteroatoms. The molecule has 0 aliphatic heterocycles. The molecule has 0 heterocycles. The molecule has 0 N–H and O–H groups in total. The van der Waals surface area contributed by atoms with E-state index in [1.54, 1.807) is 0 Å². The predicted octanol–water partition coefficient (Wildman–Crippen LogP) is 0.300. The first-order chi connectivity index (χ1) is 9.34. The van der Waals surface area contributed by atoms with Gasteiger partial charge in [-0.05, 0) is 6.42 Å². The van der Waals surface area contributed by atoms with Gasteiger partial charge in [0.15, 0.2) is 0 Å². The summed E-state index contributed by atoms with van der Waals surface area (Å²) in [6, 6.07) is 0. The summed E-state index contributed by atoms with van der Waals surface area (Å²) < 4.78 is 128. The Morgan fingerprint density at radius 3 is 1.30 bits per heavy atom. The zero-order chi connectivity index (χ0) is 18.2. The van der Waals surface area contributed by atoms with Crippen LogP contribution >= 0.6 is 0 Å². The maximum Gasteiger partial charge on any atom is 1.00 e. The van der Waals surface area contributed by atoms with E-state index in [0.717, 1.165) is 13.8 Å². The minimum absolute atomic E-state index is 0. The first kappa shape index (κ1) is 25.1. The third-order valence-corrected chi connectivity index (χ3v) is 2.40. The average Bonchev–Trinajstić information content (AvgIpc) is 2.18. The Balaban J connectivity index is 0. The summed E-state index contributed by atoms with van der Waals surface area (Å²) in [5, 5.41) is 11.1. The zero-order valence-corrected chi connectivity index (χ0v) is 12.1. The molecule has 2 nitrogen and oxygen atoms in total. The molecule has 0 aliphatic carbocycles. The molecule has 0 aromatic rings. The van der Waals surface area contributed by atoms with E-state index in [0.29, 0.717) is 0 Å². The van der Waals surface area contributed by atoms with Gasteiger partial charge >= 0.3 is 43.1 Å². The molecule has 0 fully saturated rings. The van der Waals surface area contributed by atoms with Crippen molar-refractivity contribution in [2.75, 3.05) is 6.61 Å². The fourth-order valence-electron chi connectivity index (χ4n) is 1.16. The van der Waals surface area contributed by atoms with E-state index in [1.165, 1.54) is 0 Å². The second kappa shape index (κ2) is 7.37. The Morgan fingerprint density at radius 2 is 1.09 bits per heavy atom. The summed E-state index contributed by atoms with van der Waals surface area (Å²) in [5.74, 6) is -12.9. The minimum Gasteiger partial charge on any atom is -0.850 e. The van der Waals surface area contributed by atoms with Crippen molar-refractivity contribution in [3.63, 3.8) is 0 Å². The second-order valence-electron chi connectivity index (χ2n) is 5.00. The van der Waals surface area contributed by atoms with Crippen molar-refractivity contribution in [1.82, 2.24) is 0 Å². The van der Waals surface area contributed by atoms with Gasteiger partial charge in [0.1, 0.15) is 0 Å². The largest absolute Gasteiger partial charge is 1.00 e. The summed E-state index contributed by atoms with van der Waals surface area (Å²) in [5.41, 5.74) is -1.98. The fraction of sp³-hybridized carbons (Fsp3) is 1.00. The maximum absolute atomic E-state index is 12.9. The Bertz CT molecular complexity index is 345. The van der Waals surface area contributed by atoms with Crippen molar-refractivity contribution in [2.24, 2.45) is 0 Å². The van der Waals surface area contributed by atoms with Gasteiger partial charge in [0.05, 0.1) is 0 Å². The standard InChI is InChI=1S/C10H11F10O2.Li/c1-6(2,21)3-4-22-5(7(11,12)9(15,16)17)8(13,14)10(18,19)20;/h5H,3-4H2,1-2H3;/q-1;+1. The molecule has 0 spiro atoms.